The fourth-order valence-electron chi connectivity index (χ4n) is 3.95. The standard InChI is InChI=1S/C14H18IN5O/c15-13-3-1-12(2-4-13)14(16-21)5-20-9-17-6-18(10-20)8-19(7-17)11-20/h1-4H,5-11H2/p+1/b16-14-. The first kappa shape index (κ1) is 13.9. The molecule has 4 heterocycles. The lowest BCUT2D eigenvalue weighted by Gasteiger charge is -2.60. The Bertz CT molecular complexity index is 538. The molecule has 0 amide bonds. The van der Waals surface area contributed by atoms with Crippen molar-refractivity contribution in [1.82, 2.24) is 14.7 Å². The van der Waals surface area contributed by atoms with Crippen LogP contribution in [0.5, 0.6) is 0 Å². The van der Waals surface area contributed by atoms with E-state index in [1.165, 1.54) is 3.57 Å². The quantitative estimate of drug-likeness (QED) is 0.270. The summed E-state index contributed by atoms with van der Waals surface area (Å²) < 4.78 is 2.15. The zero-order valence-corrected chi connectivity index (χ0v) is 14.0. The van der Waals surface area contributed by atoms with Crippen LogP contribution in [0, 0.1) is 3.57 Å². The molecule has 0 atom stereocenters. The van der Waals surface area contributed by atoms with Crippen molar-refractivity contribution in [2.24, 2.45) is 5.16 Å². The highest BCUT2D eigenvalue weighted by Crippen LogP contribution is 2.29. The molecule has 4 saturated heterocycles. The third-order valence-electron chi connectivity index (χ3n) is 4.48. The van der Waals surface area contributed by atoms with E-state index in [1.807, 2.05) is 12.1 Å². The first-order valence-corrected chi connectivity index (χ1v) is 8.23. The Hall–Kier alpha value is -0.740. The van der Waals surface area contributed by atoms with Gasteiger partial charge in [-0.15, -0.1) is 0 Å². The monoisotopic (exact) mass is 400 g/mol. The average Bonchev–Trinajstić information content (AvgIpc) is 2.44. The Kier molecular flexibility index (Phi) is 3.42. The highest BCUT2D eigenvalue weighted by atomic mass is 127. The van der Waals surface area contributed by atoms with Gasteiger partial charge in [0.2, 0.25) is 0 Å². The summed E-state index contributed by atoms with van der Waals surface area (Å²) in [5.41, 5.74) is 1.81. The van der Waals surface area contributed by atoms with E-state index in [2.05, 4.69) is 54.6 Å². The summed E-state index contributed by atoms with van der Waals surface area (Å²) in [6.45, 7) is 7.16. The number of hydrogen-bond acceptors (Lipinski definition) is 5. The maximum Gasteiger partial charge on any atom is 0.141 e. The van der Waals surface area contributed by atoms with Crippen LogP contribution >= 0.6 is 22.6 Å². The van der Waals surface area contributed by atoms with Crippen LogP contribution in [0.2, 0.25) is 0 Å². The number of rotatable bonds is 3. The third kappa shape index (κ3) is 2.57. The molecule has 4 bridgehead atoms. The first-order valence-electron chi connectivity index (χ1n) is 7.15. The van der Waals surface area contributed by atoms with Crippen LogP contribution in [0.1, 0.15) is 5.56 Å². The minimum Gasteiger partial charge on any atom is -0.410 e. The summed E-state index contributed by atoms with van der Waals surface area (Å²) >= 11 is 2.29. The molecule has 21 heavy (non-hydrogen) atoms. The predicted molar refractivity (Wildman–Crippen MR) is 87.3 cm³/mol. The summed E-state index contributed by atoms with van der Waals surface area (Å²) in [5.74, 6) is 0. The molecule has 1 N–H and O–H groups in total. The molecule has 7 heteroatoms. The second kappa shape index (κ2) is 5.17. The van der Waals surface area contributed by atoms with Crippen molar-refractivity contribution in [3.05, 3.63) is 33.4 Å². The molecular weight excluding hydrogens is 381 g/mol. The highest BCUT2D eigenvalue weighted by Gasteiger charge is 2.49. The van der Waals surface area contributed by atoms with Crippen LogP contribution in [0.15, 0.2) is 29.4 Å². The van der Waals surface area contributed by atoms with Crippen molar-refractivity contribution in [2.45, 2.75) is 0 Å². The van der Waals surface area contributed by atoms with E-state index >= 15 is 0 Å². The van der Waals surface area contributed by atoms with Gasteiger partial charge in [-0.25, -0.2) is 14.7 Å². The molecule has 0 saturated carbocycles. The van der Waals surface area contributed by atoms with E-state index in [9.17, 15) is 5.21 Å². The number of hydrogen-bond donors (Lipinski definition) is 1. The molecule has 0 radical (unpaired) electrons. The van der Waals surface area contributed by atoms with Gasteiger partial charge in [0.05, 0.1) is 20.0 Å². The molecule has 4 aliphatic heterocycles. The molecule has 6 nitrogen and oxygen atoms in total. The maximum absolute atomic E-state index is 9.49. The number of oxime groups is 1. The Morgan fingerprint density at radius 1 is 1.05 bits per heavy atom. The van der Waals surface area contributed by atoms with E-state index in [0.29, 0.717) is 0 Å². The topological polar surface area (TPSA) is 42.3 Å². The number of benzene rings is 1. The van der Waals surface area contributed by atoms with Crippen LogP contribution in [0.25, 0.3) is 0 Å². The zero-order chi connectivity index (χ0) is 14.4. The van der Waals surface area contributed by atoms with Crippen molar-refractivity contribution < 1.29 is 9.69 Å². The van der Waals surface area contributed by atoms with Gasteiger partial charge in [-0.1, -0.05) is 17.3 Å². The molecule has 0 aromatic heterocycles. The Morgan fingerprint density at radius 2 is 1.57 bits per heavy atom. The summed E-state index contributed by atoms with van der Waals surface area (Å²) in [7, 11) is 0. The lowest BCUT2D eigenvalue weighted by molar-refractivity contribution is -0.972. The molecule has 1 aromatic rings. The minimum atomic E-state index is 0.778. The van der Waals surface area contributed by atoms with Gasteiger partial charge in [0.1, 0.15) is 32.3 Å². The average molecular weight is 400 g/mol. The lowest BCUT2D eigenvalue weighted by atomic mass is 10.1. The van der Waals surface area contributed by atoms with E-state index in [1.54, 1.807) is 0 Å². The smallest absolute Gasteiger partial charge is 0.141 e. The molecule has 0 unspecified atom stereocenters. The molecule has 112 valence electrons. The van der Waals surface area contributed by atoms with Gasteiger partial charge in [-0.3, -0.25) is 4.48 Å². The van der Waals surface area contributed by atoms with Crippen molar-refractivity contribution in [3.8, 4) is 0 Å². The van der Waals surface area contributed by atoms with Crippen LogP contribution in [-0.4, -0.2) is 76.7 Å². The molecule has 4 aliphatic rings. The van der Waals surface area contributed by atoms with Gasteiger partial charge in [-0.05, 0) is 34.7 Å². The highest BCUT2D eigenvalue weighted by molar-refractivity contribution is 14.1. The number of quaternary nitrogens is 1. The number of nitrogens with zero attached hydrogens (tertiary/aromatic N) is 5. The second-order valence-corrected chi connectivity index (χ2v) is 7.66. The minimum absolute atomic E-state index is 0.778. The normalized spacial score (nSPS) is 38.0. The van der Waals surface area contributed by atoms with Crippen LogP contribution in [-0.2, 0) is 0 Å². The third-order valence-corrected chi connectivity index (χ3v) is 5.20. The van der Waals surface area contributed by atoms with E-state index in [4.69, 9.17) is 0 Å². The number of halogens is 1. The van der Waals surface area contributed by atoms with Gasteiger partial charge in [0.25, 0.3) is 0 Å². The summed E-state index contributed by atoms with van der Waals surface area (Å²) in [5, 5.41) is 13.1. The van der Waals surface area contributed by atoms with Crippen LogP contribution in [0.3, 0.4) is 0 Å². The molecule has 0 aliphatic carbocycles. The van der Waals surface area contributed by atoms with E-state index in [-0.39, 0.29) is 0 Å². The van der Waals surface area contributed by atoms with Crippen molar-refractivity contribution in [2.75, 3.05) is 46.6 Å². The fraction of sp³-hybridized carbons (Fsp3) is 0.500. The summed E-state index contributed by atoms with van der Waals surface area (Å²) in [6.07, 6.45) is 0. The van der Waals surface area contributed by atoms with Crippen LogP contribution < -0.4 is 0 Å². The van der Waals surface area contributed by atoms with Crippen molar-refractivity contribution >= 4 is 28.3 Å². The van der Waals surface area contributed by atoms with Crippen molar-refractivity contribution in [3.63, 3.8) is 0 Å². The van der Waals surface area contributed by atoms with Gasteiger partial charge in [0.15, 0.2) is 0 Å². The second-order valence-electron chi connectivity index (χ2n) is 6.41. The molecule has 5 rings (SSSR count). The van der Waals surface area contributed by atoms with E-state index < -0.39 is 0 Å². The SMILES string of the molecule is O/N=C(/C[N+]12CN3CN(CN(C3)C1)C2)c1ccc(I)cc1. The van der Waals surface area contributed by atoms with Gasteiger partial charge in [-0.2, -0.15) is 0 Å². The Balaban J connectivity index is 1.58. The van der Waals surface area contributed by atoms with Gasteiger partial charge in [0, 0.05) is 9.13 Å². The summed E-state index contributed by atoms with van der Waals surface area (Å²) in [6, 6.07) is 8.21. The summed E-state index contributed by atoms with van der Waals surface area (Å²) in [4.78, 5) is 7.41. The first-order chi connectivity index (χ1) is 10.2. The Labute approximate surface area is 137 Å². The zero-order valence-electron chi connectivity index (χ0n) is 11.8. The molecular formula is C14H19IN5O+. The predicted octanol–water partition coefficient (Wildman–Crippen LogP) is 0.978. The van der Waals surface area contributed by atoms with Crippen LogP contribution in [0.4, 0.5) is 0 Å². The largest absolute Gasteiger partial charge is 0.410 e. The molecule has 1 aromatic carbocycles. The van der Waals surface area contributed by atoms with Gasteiger partial charge < -0.3 is 5.21 Å². The fourth-order valence-corrected chi connectivity index (χ4v) is 4.31. The lowest BCUT2D eigenvalue weighted by Crippen LogP contribution is -2.79. The Morgan fingerprint density at radius 3 is 2.05 bits per heavy atom. The maximum atomic E-state index is 9.49. The van der Waals surface area contributed by atoms with Crippen molar-refractivity contribution in [1.29, 1.82) is 0 Å². The van der Waals surface area contributed by atoms with E-state index in [0.717, 1.165) is 62.3 Å². The van der Waals surface area contributed by atoms with Gasteiger partial charge >= 0.3 is 0 Å². The molecule has 4 fully saturated rings. The molecule has 0 spiro atoms.